The van der Waals surface area contributed by atoms with Crippen LogP contribution < -0.4 is 11.2 Å². The average Bonchev–Trinajstić information content (AvgIpc) is 2.08. The zero-order valence-corrected chi connectivity index (χ0v) is 7.13. The van der Waals surface area contributed by atoms with Gasteiger partial charge in [0.1, 0.15) is 7.85 Å². The van der Waals surface area contributed by atoms with Crippen LogP contribution in [0.2, 0.25) is 0 Å². The Morgan fingerprint density at radius 1 is 1.58 bits per heavy atom. The number of hydrogen-bond acceptors (Lipinski definition) is 3. The Morgan fingerprint density at radius 3 is 2.75 bits per heavy atom. The van der Waals surface area contributed by atoms with Gasteiger partial charge in [-0.1, -0.05) is 11.5 Å². The number of rotatable bonds is 1. The van der Waals surface area contributed by atoms with Crippen LogP contribution in [0.15, 0.2) is 18.2 Å². The molecule has 0 spiro atoms. The van der Waals surface area contributed by atoms with Crippen LogP contribution in [0.5, 0.6) is 0 Å². The van der Waals surface area contributed by atoms with E-state index in [2.05, 4.69) is 4.74 Å². The lowest BCUT2D eigenvalue weighted by Crippen LogP contribution is -2.11. The van der Waals surface area contributed by atoms with Gasteiger partial charge in [0.2, 0.25) is 0 Å². The number of carbonyl (C=O) groups is 1. The molecule has 0 aliphatic heterocycles. The number of ether oxygens (including phenoxy) is 1. The van der Waals surface area contributed by atoms with Crippen molar-refractivity contribution in [1.29, 1.82) is 0 Å². The number of hydrogen-bond donors (Lipinski definition) is 1. The van der Waals surface area contributed by atoms with Gasteiger partial charge in [-0.2, -0.15) is 0 Å². The molecular formula is C8H10BNO2. The zero-order valence-electron chi connectivity index (χ0n) is 7.13. The summed E-state index contributed by atoms with van der Waals surface area (Å²) in [5.41, 5.74) is 7.66. The molecule has 0 aliphatic carbocycles. The van der Waals surface area contributed by atoms with E-state index in [4.69, 9.17) is 5.73 Å². The second kappa shape index (κ2) is 3.30. The van der Waals surface area contributed by atoms with Crippen LogP contribution >= 0.6 is 0 Å². The van der Waals surface area contributed by atoms with E-state index < -0.39 is 0 Å². The van der Waals surface area contributed by atoms with Crippen molar-refractivity contribution in [3.05, 3.63) is 23.8 Å². The van der Waals surface area contributed by atoms with E-state index in [0.29, 0.717) is 11.3 Å². The van der Waals surface area contributed by atoms with Crippen LogP contribution in [0, 0.1) is 0 Å². The highest BCUT2D eigenvalue weighted by Gasteiger charge is 2.05. The van der Waals surface area contributed by atoms with Crippen LogP contribution in [0.3, 0.4) is 0 Å². The molecule has 0 bridgehead atoms. The molecule has 0 unspecified atom stereocenters. The smallest absolute Gasteiger partial charge is 0.337 e. The number of nitrogens with two attached hydrogens (primary N) is 1. The molecule has 0 aromatic heterocycles. The summed E-state index contributed by atoms with van der Waals surface area (Å²) in [4.78, 5) is 11.0. The molecule has 3 nitrogen and oxygen atoms in total. The Bertz CT molecular complexity index is 312. The standard InChI is InChI=1S/C8H10BNO2/c1-12-8(11)5-2-3-6(9)7(10)4-5/h2-4H,9-10H2,1H3. The molecule has 62 valence electrons. The predicted octanol–water partition coefficient (Wildman–Crippen LogP) is -0.686. The minimum Gasteiger partial charge on any atom is -0.465 e. The number of carbonyl (C=O) groups excluding carboxylic acids is 1. The number of benzene rings is 1. The number of anilines is 1. The Hall–Kier alpha value is -1.45. The first kappa shape index (κ1) is 8.65. The minimum atomic E-state index is -0.360. The molecule has 0 heterocycles. The van der Waals surface area contributed by atoms with Gasteiger partial charge in [0.15, 0.2) is 0 Å². The van der Waals surface area contributed by atoms with Gasteiger partial charge < -0.3 is 10.5 Å². The van der Waals surface area contributed by atoms with Crippen molar-refractivity contribution in [2.75, 3.05) is 12.8 Å². The molecule has 2 N–H and O–H groups in total. The second-order valence-electron chi connectivity index (χ2n) is 2.56. The van der Waals surface area contributed by atoms with E-state index >= 15 is 0 Å². The van der Waals surface area contributed by atoms with Gasteiger partial charge in [-0.05, 0) is 12.1 Å². The maximum atomic E-state index is 11.0. The molecule has 0 saturated carbocycles. The molecule has 0 aliphatic rings. The average molecular weight is 163 g/mol. The van der Waals surface area contributed by atoms with E-state index in [9.17, 15) is 4.79 Å². The molecule has 0 radical (unpaired) electrons. The minimum absolute atomic E-state index is 0.360. The third kappa shape index (κ3) is 1.58. The number of esters is 1. The zero-order chi connectivity index (χ0) is 9.14. The third-order valence-electron chi connectivity index (χ3n) is 1.70. The normalized spacial score (nSPS) is 9.42. The van der Waals surface area contributed by atoms with E-state index in [1.54, 1.807) is 18.2 Å². The van der Waals surface area contributed by atoms with E-state index in [0.717, 1.165) is 5.46 Å². The maximum Gasteiger partial charge on any atom is 0.337 e. The van der Waals surface area contributed by atoms with Crippen molar-refractivity contribution >= 4 is 25.0 Å². The summed E-state index contributed by atoms with van der Waals surface area (Å²) in [7, 11) is 3.23. The highest BCUT2D eigenvalue weighted by molar-refractivity contribution is 6.35. The Morgan fingerprint density at radius 2 is 2.25 bits per heavy atom. The molecule has 0 atom stereocenters. The summed E-state index contributed by atoms with van der Waals surface area (Å²) in [6.07, 6.45) is 0. The van der Waals surface area contributed by atoms with E-state index in [1.807, 2.05) is 7.85 Å². The van der Waals surface area contributed by atoms with Crippen LogP contribution in [0.25, 0.3) is 0 Å². The lowest BCUT2D eigenvalue weighted by atomic mass is 9.93. The fourth-order valence-corrected chi connectivity index (χ4v) is 0.885. The predicted molar refractivity (Wildman–Crippen MR) is 50.4 cm³/mol. The first-order chi connectivity index (χ1) is 5.65. The molecule has 12 heavy (non-hydrogen) atoms. The first-order valence-corrected chi connectivity index (χ1v) is 3.59. The van der Waals surface area contributed by atoms with Crippen molar-refractivity contribution in [2.24, 2.45) is 0 Å². The van der Waals surface area contributed by atoms with Crippen LogP contribution in [-0.2, 0) is 4.74 Å². The summed E-state index contributed by atoms with van der Waals surface area (Å²) in [5.74, 6) is -0.360. The van der Waals surface area contributed by atoms with Crippen molar-refractivity contribution in [3.8, 4) is 0 Å². The van der Waals surface area contributed by atoms with Crippen molar-refractivity contribution in [2.45, 2.75) is 0 Å². The Labute approximate surface area is 71.9 Å². The molecule has 4 heteroatoms. The summed E-state index contributed by atoms with van der Waals surface area (Å²) in [5, 5.41) is 0. The topological polar surface area (TPSA) is 52.3 Å². The number of nitrogen functional groups attached to an aromatic ring is 1. The van der Waals surface area contributed by atoms with Crippen molar-refractivity contribution in [1.82, 2.24) is 0 Å². The number of methoxy groups -OCH3 is 1. The molecule has 1 aromatic rings. The van der Waals surface area contributed by atoms with Crippen LogP contribution in [0.1, 0.15) is 10.4 Å². The highest BCUT2D eigenvalue weighted by Crippen LogP contribution is 2.04. The summed E-state index contributed by atoms with van der Waals surface area (Å²) in [6, 6.07) is 5.10. The molecular weight excluding hydrogens is 153 g/mol. The summed E-state index contributed by atoms with van der Waals surface area (Å²) in [6.45, 7) is 0. The highest BCUT2D eigenvalue weighted by atomic mass is 16.5. The fraction of sp³-hybridized carbons (Fsp3) is 0.125. The van der Waals surface area contributed by atoms with Gasteiger partial charge in [-0.25, -0.2) is 4.79 Å². The van der Waals surface area contributed by atoms with Gasteiger partial charge >= 0.3 is 5.97 Å². The van der Waals surface area contributed by atoms with Crippen molar-refractivity contribution in [3.63, 3.8) is 0 Å². The van der Waals surface area contributed by atoms with E-state index in [1.165, 1.54) is 7.11 Å². The Kier molecular flexibility index (Phi) is 2.38. The first-order valence-electron chi connectivity index (χ1n) is 3.59. The van der Waals surface area contributed by atoms with E-state index in [-0.39, 0.29) is 5.97 Å². The quantitative estimate of drug-likeness (QED) is 0.338. The molecule has 0 amide bonds. The second-order valence-corrected chi connectivity index (χ2v) is 2.56. The largest absolute Gasteiger partial charge is 0.465 e. The summed E-state index contributed by atoms with van der Waals surface area (Å²) < 4.78 is 4.54. The van der Waals surface area contributed by atoms with Crippen LogP contribution in [0.4, 0.5) is 5.69 Å². The SMILES string of the molecule is Bc1ccc(C(=O)OC)cc1N. The summed E-state index contributed by atoms with van der Waals surface area (Å²) >= 11 is 0. The maximum absolute atomic E-state index is 11.0. The molecule has 0 saturated heterocycles. The van der Waals surface area contributed by atoms with Gasteiger partial charge in [0.05, 0.1) is 12.7 Å². The molecule has 1 rings (SSSR count). The lowest BCUT2D eigenvalue weighted by molar-refractivity contribution is 0.0601. The van der Waals surface area contributed by atoms with Crippen LogP contribution in [-0.4, -0.2) is 20.9 Å². The fourth-order valence-electron chi connectivity index (χ4n) is 0.885. The van der Waals surface area contributed by atoms with Gasteiger partial charge in [-0.15, -0.1) is 0 Å². The monoisotopic (exact) mass is 163 g/mol. The van der Waals surface area contributed by atoms with Gasteiger partial charge in [0, 0.05) is 5.69 Å². The lowest BCUT2D eigenvalue weighted by Gasteiger charge is -2.02. The van der Waals surface area contributed by atoms with Gasteiger partial charge in [-0.3, -0.25) is 0 Å². The Balaban J connectivity index is 3.05. The third-order valence-corrected chi connectivity index (χ3v) is 1.70. The molecule has 1 aromatic carbocycles. The van der Waals surface area contributed by atoms with Crippen molar-refractivity contribution < 1.29 is 9.53 Å². The molecule has 0 fully saturated rings. The van der Waals surface area contributed by atoms with Gasteiger partial charge in [0.25, 0.3) is 0 Å².